The molecule has 0 spiro atoms. The summed E-state index contributed by atoms with van der Waals surface area (Å²) in [6.45, 7) is 4.24. The molecule has 0 unspecified atom stereocenters. The number of benzene rings is 1. The van der Waals surface area contributed by atoms with Crippen LogP contribution in [0, 0.1) is 0 Å². The molecule has 0 aromatic heterocycles. The van der Waals surface area contributed by atoms with Gasteiger partial charge in [-0.2, -0.15) is 0 Å². The summed E-state index contributed by atoms with van der Waals surface area (Å²) in [6.07, 6.45) is 1.18. The Bertz CT molecular complexity index is 517. The van der Waals surface area contributed by atoms with E-state index in [4.69, 9.17) is 4.74 Å². The molecule has 1 aliphatic heterocycles. The Morgan fingerprint density at radius 1 is 1.29 bits per heavy atom. The van der Waals surface area contributed by atoms with E-state index in [9.17, 15) is 9.59 Å². The van der Waals surface area contributed by atoms with E-state index in [1.807, 2.05) is 19.1 Å². The minimum absolute atomic E-state index is 0.0508. The van der Waals surface area contributed by atoms with Gasteiger partial charge < -0.3 is 20.7 Å². The molecule has 1 aromatic carbocycles. The van der Waals surface area contributed by atoms with Crippen LogP contribution in [-0.4, -0.2) is 38.1 Å². The first-order valence-corrected chi connectivity index (χ1v) is 7.27. The molecule has 21 heavy (non-hydrogen) atoms. The van der Waals surface area contributed by atoms with Crippen LogP contribution in [0.25, 0.3) is 0 Å². The second kappa shape index (κ2) is 7.52. The van der Waals surface area contributed by atoms with Gasteiger partial charge in [0.2, 0.25) is 5.91 Å². The van der Waals surface area contributed by atoms with Gasteiger partial charge in [0, 0.05) is 26.1 Å². The lowest BCUT2D eigenvalue weighted by Crippen LogP contribution is -2.31. The lowest BCUT2D eigenvalue weighted by Gasteiger charge is -2.21. The minimum Gasteiger partial charge on any atom is -0.489 e. The van der Waals surface area contributed by atoms with Gasteiger partial charge in [0.1, 0.15) is 6.61 Å². The summed E-state index contributed by atoms with van der Waals surface area (Å²) in [5.74, 6) is 0.306. The molecule has 0 fully saturated rings. The van der Waals surface area contributed by atoms with Gasteiger partial charge in [0.15, 0.2) is 5.75 Å². The first kappa shape index (κ1) is 15.2. The number of amides is 2. The van der Waals surface area contributed by atoms with Crippen LogP contribution in [0.4, 0.5) is 5.69 Å². The summed E-state index contributed by atoms with van der Waals surface area (Å²) >= 11 is 0. The second-order valence-corrected chi connectivity index (χ2v) is 4.81. The summed E-state index contributed by atoms with van der Waals surface area (Å²) in [5.41, 5.74) is 1.32. The number of fused-ring (bicyclic) bond motifs is 1. The van der Waals surface area contributed by atoms with Crippen LogP contribution in [0.15, 0.2) is 18.2 Å². The van der Waals surface area contributed by atoms with E-state index in [1.165, 1.54) is 0 Å². The van der Waals surface area contributed by atoms with Crippen molar-refractivity contribution in [2.75, 3.05) is 31.6 Å². The van der Waals surface area contributed by atoms with E-state index in [0.717, 1.165) is 18.7 Å². The highest BCUT2D eigenvalue weighted by molar-refractivity contribution is 5.99. The van der Waals surface area contributed by atoms with Crippen molar-refractivity contribution in [3.05, 3.63) is 23.8 Å². The Balaban J connectivity index is 1.88. The predicted molar refractivity (Wildman–Crippen MR) is 80.7 cm³/mol. The summed E-state index contributed by atoms with van der Waals surface area (Å²) in [7, 11) is 0. The Labute approximate surface area is 124 Å². The Kier molecular flexibility index (Phi) is 5.43. The topological polar surface area (TPSA) is 79.5 Å². The van der Waals surface area contributed by atoms with Gasteiger partial charge in [0.25, 0.3) is 5.91 Å². The summed E-state index contributed by atoms with van der Waals surface area (Å²) < 4.78 is 5.55. The van der Waals surface area contributed by atoms with Crippen molar-refractivity contribution in [1.29, 1.82) is 0 Å². The van der Waals surface area contributed by atoms with Gasteiger partial charge in [0.05, 0.1) is 11.3 Å². The van der Waals surface area contributed by atoms with Crippen molar-refractivity contribution in [2.24, 2.45) is 0 Å². The fourth-order valence-corrected chi connectivity index (χ4v) is 2.09. The average molecular weight is 291 g/mol. The van der Waals surface area contributed by atoms with E-state index in [0.29, 0.717) is 31.0 Å². The highest BCUT2D eigenvalue weighted by Gasteiger charge is 2.18. The summed E-state index contributed by atoms with van der Waals surface area (Å²) in [4.78, 5) is 23.6. The number of anilines is 1. The molecule has 2 amide bonds. The smallest absolute Gasteiger partial charge is 0.255 e. The number of carbonyl (C=O) groups is 2. The second-order valence-electron chi connectivity index (χ2n) is 4.81. The lowest BCUT2D eigenvalue weighted by atomic mass is 10.1. The molecular weight excluding hydrogens is 270 g/mol. The molecule has 1 heterocycles. The third kappa shape index (κ3) is 4.11. The monoisotopic (exact) mass is 291 g/mol. The number of ether oxygens (including phenoxy) is 1. The molecule has 1 aliphatic rings. The van der Waals surface area contributed by atoms with Crippen molar-refractivity contribution >= 4 is 17.5 Å². The van der Waals surface area contributed by atoms with Crippen LogP contribution in [-0.2, 0) is 4.79 Å². The maximum Gasteiger partial charge on any atom is 0.255 e. The number of hydrogen-bond acceptors (Lipinski definition) is 4. The van der Waals surface area contributed by atoms with Crippen molar-refractivity contribution < 1.29 is 14.3 Å². The molecule has 0 radical (unpaired) electrons. The third-order valence-electron chi connectivity index (χ3n) is 3.13. The predicted octanol–water partition coefficient (Wildman–Crippen LogP) is 1.14. The van der Waals surface area contributed by atoms with Crippen molar-refractivity contribution in [2.45, 2.75) is 19.8 Å². The molecule has 0 bridgehead atoms. The van der Waals surface area contributed by atoms with Gasteiger partial charge in [-0.15, -0.1) is 0 Å². The number of carbonyl (C=O) groups excluding carboxylic acids is 2. The first-order valence-electron chi connectivity index (χ1n) is 7.27. The zero-order chi connectivity index (χ0) is 15.1. The quantitative estimate of drug-likeness (QED) is 0.734. The van der Waals surface area contributed by atoms with Crippen molar-refractivity contribution in [3.63, 3.8) is 0 Å². The van der Waals surface area contributed by atoms with Crippen LogP contribution in [0.5, 0.6) is 5.75 Å². The third-order valence-corrected chi connectivity index (χ3v) is 3.13. The molecule has 0 aliphatic carbocycles. The summed E-state index contributed by atoms with van der Waals surface area (Å²) in [6, 6.07) is 5.41. The molecule has 0 atom stereocenters. The van der Waals surface area contributed by atoms with E-state index >= 15 is 0 Å². The van der Waals surface area contributed by atoms with Crippen LogP contribution >= 0.6 is 0 Å². The molecular formula is C15H21N3O3. The molecule has 0 saturated heterocycles. The molecule has 114 valence electrons. The Morgan fingerprint density at radius 2 is 2.14 bits per heavy atom. The van der Waals surface area contributed by atoms with Gasteiger partial charge >= 0.3 is 0 Å². The van der Waals surface area contributed by atoms with E-state index in [1.54, 1.807) is 6.07 Å². The number of nitrogens with one attached hydrogen (secondary N) is 3. The average Bonchev–Trinajstić information content (AvgIpc) is 2.52. The van der Waals surface area contributed by atoms with Gasteiger partial charge in [-0.05, 0) is 18.6 Å². The number of rotatable bonds is 6. The molecule has 3 N–H and O–H groups in total. The van der Waals surface area contributed by atoms with Gasteiger partial charge in [-0.25, -0.2) is 0 Å². The van der Waals surface area contributed by atoms with Crippen molar-refractivity contribution in [3.8, 4) is 5.75 Å². The number of para-hydroxylation sites is 1. The Morgan fingerprint density at radius 3 is 2.95 bits per heavy atom. The van der Waals surface area contributed by atoms with Crippen LogP contribution in [0.3, 0.4) is 0 Å². The molecule has 6 heteroatoms. The molecule has 1 aromatic rings. The van der Waals surface area contributed by atoms with E-state index < -0.39 is 0 Å². The van der Waals surface area contributed by atoms with Crippen molar-refractivity contribution in [1.82, 2.24) is 10.6 Å². The fourth-order valence-electron chi connectivity index (χ4n) is 2.09. The van der Waals surface area contributed by atoms with Crippen LogP contribution < -0.4 is 20.7 Å². The van der Waals surface area contributed by atoms with E-state index in [-0.39, 0.29) is 18.2 Å². The van der Waals surface area contributed by atoms with Crippen LogP contribution in [0.2, 0.25) is 0 Å². The van der Waals surface area contributed by atoms with Gasteiger partial charge in [-0.1, -0.05) is 13.0 Å². The maximum absolute atomic E-state index is 12.2. The number of hydrogen-bond donors (Lipinski definition) is 3. The maximum atomic E-state index is 12.2. The highest BCUT2D eigenvalue weighted by Crippen LogP contribution is 2.30. The standard InChI is InChI=1S/C15H21N3O3/c1-2-7-17-13(19)6-8-18-15(20)11-4-3-5-12-14(11)21-10-9-16-12/h3-5,16H,2,6-10H2,1H3,(H,17,19)(H,18,20). The Hall–Kier alpha value is -2.24. The van der Waals surface area contributed by atoms with Gasteiger partial charge in [-0.3, -0.25) is 9.59 Å². The lowest BCUT2D eigenvalue weighted by molar-refractivity contribution is -0.120. The zero-order valence-corrected chi connectivity index (χ0v) is 12.2. The SMILES string of the molecule is CCCNC(=O)CCNC(=O)c1cccc2c1OCCN2. The normalized spacial score (nSPS) is 12.6. The molecule has 2 rings (SSSR count). The fraction of sp³-hybridized carbons (Fsp3) is 0.467. The first-order chi connectivity index (χ1) is 10.2. The van der Waals surface area contributed by atoms with E-state index in [2.05, 4.69) is 16.0 Å². The highest BCUT2D eigenvalue weighted by atomic mass is 16.5. The zero-order valence-electron chi connectivity index (χ0n) is 12.2. The largest absolute Gasteiger partial charge is 0.489 e. The van der Waals surface area contributed by atoms with Crippen LogP contribution in [0.1, 0.15) is 30.1 Å². The molecule has 0 saturated carbocycles. The summed E-state index contributed by atoms with van der Waals surface area (Å²) in [5, 5.41) is 8.71. The minimum atomic E-state index is -0.223. The molecule has 6 nitrogen and oxygen atoms in total.